The number of nitrogens with zero attached hydrogens (tertiary/aromatic N) is 3. The molecule has 94 valence electrons. The lowest BCUT2D eigenvalue weighted by Gasteiger charge is -2.07. The Morgan fingerprint density at radius 1 is 1.56 bits per heavy atom. The molecule has 8 heteroatoms. The number of rotatable bonds is 2. The van der Waals surface area contributed by atoms with Crippen LogP contribution in [-0.2, 0) is 7.05 Å². The molecule has 0 fully saturated rings. The minimum absolute atomic E-state index is 0.201. The molecule has 2 rings (SSSR count). The Kier molecular flexibility index (Phi) is 3.53. The predicted molar refractivity (Wildman–Crippen MR) is 72.5 cm³/mol. The zero-order valence-corrected chi connectivity index (χ0v) is 11.7. The van der Waals surface area contributed by atoms with E-state index in [0.717, 1.165) is 0 Å². The summed E-state index contributed by atoms with van der Waals surface area (Å²) in [5, 5.41) is 6.72. The van der Waals surface area contributed by atoms with Crippen molar-refractivity contribution >= 4 is 44.8 Å². The van der Waals surface area contributed by atoms with Crippen LogP contribution in [0.4, 0.5) is 11.4 Å². The van der Waals surface area contributed by atoms with Gasteiger partial charge in [-0.3, -0.25) is 9.48 Å². The van der Waals surface area contributed by atoms with E-state index in [9.17, 15) is 4.79 Å². The van der Waals surface area contributed by atoms with E-state index in [1.807, 2.05) is 0 Å². The van der Waals surface area contributed by atoms with Crippen LogP contribution in [0.2, 0.25) is 5.15 Å². The molecule has 0 aromatic carbocycles. The number of nitrogens with two attached hydrogens (primary N) is 1. The summed E-state index contributed by atoms with van der Waals surface area (Å²) in [5.74, 6) is -0.394. The van der Waals surface area contributed by atoms with E-state index in [-0.39, 0.29) is 10.8 Å². The Morgan fingerprint density at radius 3 is 2.89 bits per heavy atom. The normalized spacial score (nSPS) is 10.4. The summed E-state index contributed by atoms with van der Waals surface area (Å²) >= 11 is 9.13. The Balaban J connectivity index is 2.30. The number of anilines is 2. The number of amides is 1. The van der Waals surface area contributed by atoms with Crippen LogP contribution in [0, 0.1) is 0 Å². The molecule has 0 bridgehead atoms. The van der Waals surface area contributed by atoms with E-state index < -0.39 is 5.91 Å². The van der Waals surface area contributed by atoms with Crippen LogP contribution in [0.5, 0.6) is 0 Å². The summed E-state index contributed by atoms with van der Waals surface area (Å²) in [6, 6.07) is 1.65. The lowest BCUT2D eigenvalue weighted by Crippen LogP contribution is -2.18. The maximum atomic E-state index is 12.0. The van der Waals surface area contributed by atoms with E-state index in [1.165, 1.54) is 17.1 Å². The first-order valence-electron chi connectivity index (χ1n) is 4.89. The van der Waals surface area contributed by atoms with Crippen LogP contribution in [0.25, 0.3) is 0 Å². The Labute approximate surface area is 116 Å². The van der Waals surface area contributed by atoms with Gasteiger partial charge in [-0.25, -0.2) is 4.98 Å². The van der Waals surface area contributed by atoms with Crippen LogP contribution in [-0.4, -0.2) is 20.7 Å². The Bertz CT molecular complexity index is 593. The number of aromatic nitrogens is 3. The highest BCUT2D eigenvalue weighted by Crippen LogP contribution is 2.24. The van der Waals surface area contributed by atoms with Gasteiger partial charge < -0.3 is 11.1 Å². The number of carbonyl (C=O) groups is 1. The number of carbonyl (C=O) groups excluding carboxylic acids is 1. The van der Waals surface area contributed by atoms with Crippen molar-refractivity contribution in [1.29, 1.82) is 0 Å². The maximum Gasteiger partial charge on any atom is 0.276 e. The molecule has 0 saturated carbocycles. The molecule has 0 aliphatic rings. The fraction of sp³-hybridized carbons (Fsp3) is 0.100. The summed E-state index contributed by atoms with van der Waals surface area (Å²) in [7, 11) is 1.63. The number of nitrogens with one attached hydrogen (secondary N) is 1. The van der Waals surface area contributed by atoms with E-state index in [0.29, 0.717) is 15.8 Å². The summed E-state index contributed by atoms with van der Waals surface area (Å²) < 4.78 is 2.10. The van der Waals surface area contributed by atoms with Crippen molar-refractivity contribution in [3.05, 3.63) is 33.8 Å². The molecule has 0 aliphatic heterocycles. The molecular weight excluding hydrogens is 322 g/mol. The van der Waals surface area contributed by atoms with Gasteiger partial charge in [-0.05, 0) is 22.0 Å². The van der Waals surface area contributed by atoms with Gasteiger partial charge in [-0.1, -0.05) is 11.6 Å². The third-order valence-electron chi connectivity index (χ3n) is 2.24. The van der Waals surface area contributed by atoms with Gasteiger partial charge in [0.05, 0.1) is 17.6 Å². The summed E-state index contributed by atoms with van der Waals surface area (Å²) in [6.07, 6.45) is 2.95. The molecule has 2 heterocycles. The van der Waals surface area contributed by atoms with Crippen molar-refractivity contribution in [2.75, 3.05) is 11.1 Å². The number of halogens is 2. The van der Waals surface area contributed by atoms with Gasteiger partial charge in [0.25, 0.3) is 5.91 Å². The van der Waals surface area contributed by atoms with Gasteiger partial charge in [0.2, 0.25) is 0 Å². The summed E-state index contributed by atoms with van der Waals surface area (Å²) in [5.41, 5.74) is 6.63. The number of pyridine rings is 1. The van der Waals surface area contributed by atoms with E-state index in [2.05, 4.69) is 31.3 Å². The molecule has 2 aromatic rings. The van der Waals surface area contributed by atoms with Gasteiger partial charge >= 0.3 is 0 Å². The van der Waals surface area contributed by atoms with Crippen molar-refractivity contribution in [2.45, 2.75) is 0 Å². The van der Waals surface area contributed by atoms with E-state index >= 15 is 0 Å². The number of hydrogen-bond acceptors (Lipinski definition) is 4. The second kappa shape index (κ2) is 4.95. The quantitative estimate of drug-likeness (QED) is 0.825. The van der Waals surface area contributed by atoms with E-state index in [1.54, 1.807) is 13.1 Å². The molecule has 0 radical (unpaired) electrons. The first-order chi connectivity index (χ1) is 8.49. The largest absolute Gasteiger partial charge is 0.396 e. The minimum Gasteiger partial charge on any atom is -0.396 e. The third kappa shape index (κ3) is 2.46. The lowest BCUT2D eigenvalue weighted by molar-refractivity contribution is 0.101. The van der Waals surface area contributed by atoms with Gasteiger partial charge in [0.15, 0.2) is 5.15 Å². The standard InChI is InChI=1S/C10H9BrClN5O/c1-17-8(6(13)4-15-17)10(18)16-7-2-5(11)3-14-9(7)12/h2-4H,13H2,1H3,(H,16,18). The Morgan fingerprint density at radius 2 is 2.28 bits per heavy atom. The van der Waals surface area contributed by atoms with Crippen molar-refractivity contribution in [3.63, 3.8) is 0 Å². The first kappa shape index (κ1) is 12.8. The van der Waals surface area contributed by atoms with E-state index in [4.69, 9.17) is 17.3 Å². The lowest BCUT2D eigenvalue weighted by atomic mass is 10.3. The van der Waals surface area contributed by atoms with Crippen molar-refractivity contribution < 1.29 is 4.79 Å². The first-order valence-corrected chi connectivity index (χ1v) is 6.06. The second-order valence-corrected chi connectivity index (χ2v) is 4.79. The van der Waals surface area contributed by atoms with Gasteiger partial charge in [0, 0.05) is 17.7 Å². The van der Waals surface area contributed by atoms with Crippen LogP contribution < -0.4 is 11.1 Å². The number of aryl methyl sites for hydroxylation is 1. The third-order valence-corrected chi connectivity index (χ3v) is 2.97. The smallest absolute Gasteiger partial charge is 0.276 e. The molecule has 0 atom stereocenters. The van der Waals surface area contributed by atoms with Gasteiger partial charge in [-0.2, -0.15) is 5.10 Å². The number of hydrogen-bond donors (Lipinski definition) is 2. The Hall–Kier alpha value is -1.60. The molecule has 0 saturated heterocycles. The predicted octanol–water partition coefficient (Wildman–Crippen LogP) is 2.07. The molecular formula is C10H9BrClN5O. The van der Waals surface area contributed by atoms with Crippen LogP contribution in [0.15, 0.2) is 22.9 Å². The van der Waals surface area contributed by atoms with Crippen molar-refractivity contribution in [1.82, 2.24) is 14.8 Å². The number of nitrogen functional groups attached to an aromatic ring is 1. The highest BCUT2D eigenvalue weighted by molar-refractivity contribution is 9.10. The average molecular weight is 331 g/mol. The fourth-order valence-electron chi connectivity index (χ4n) is 1.42. The molecule has 1 amide bonds. The fourth-order valence-corrected chi connectivity index (χ4v) is 1.91. The monoisotopic (exact) mass is 329 g/mol. The highest BCUT2D eigenvalue weighted by atomic mass is 79.9. The zero-order valence-electron chi connectivity index (χ0n) is 9.32. The molecule has 3 N–H and O–H groups in total. The summed E-state index contributed by atoms with van der Waals surface area (Å²) in [6.45, 7) is 0. The maximum absolute atomic E-state index is 12.0. The molecule has 2 aromatic heterocycles. The van der Waals surface area contributed by atoms with Gasteiger partial charge in [-0.15, -0.1) is 0 Å². The zero-order chi connectivity index (χ0) is 13.3. The summed E-state index contributed by atoms with van der Waals surface area (Å²) in [4.78, 5) is 15.9. The molecule has 0 unspecified atom stereocenters. The van der Waals surface area contributed by atoms with Crippen LogP contribution in [0.1, 0.15) is 10.5 Å². The average Bonchev–Trinajstić information content (AvgIpc) is 2.63. The molecule has 6 nitrogen and oxygen atoms in total. The van der Waals surface area contributed by atoms with Crippen molar-refractivity contribution in [3.8, 4) is 0 Å². The minimum atomic E-state index is -0.394. The van der Waals surface area contributed by atoms with Gasteiger partial charge in [0.1, 0.15) is 5.69 Å². The SMILES string of the molecule is Cn1ncc(N)c1C(=O)Nc1cc(Br)cnc1Cl. The highest BCUT2D eigenvalue weighted by Gasteiger charge is 2.16. The molecule has 0 aliphatic carbocycles. The van der Waals surface area contributed by atoms with Crippen LogP contribution in [0.3, 0.4) is 0 Å². The second-order valence-electron chi connectivity index (χ2n) is 3.52. The topological polar surface area (TPSA) is 85.8 Å². The van der Waals surface area contributed by atoms with Crippen LogP contribution >= 0.6 is 27.5 Å². The molecule has 18 heavy (non-hydrogen) atoms. The van der Waals surface area contributed by atoms with Crippen molar-refractivity contribution in [2.24, 2.45) is 7.05 Å². The molecule has 0 spiro atoms.